The van der Waals surface area contributed by atoms with Crippen molar-refractivity contribution in [2.45, 2.75) is 44.9 Å². The molecule has 0 N–H and O–H groups in total. The van der Waals surface area contributed by atoms with E-state index in [9.17, 15) is 4.79 Å². The summed E-state index contributed by atoms with van der Waals surface area (Å²) in [7, 11) is 3.60. The Hall–Kier alpha value is -0.570. The molecule has 0 amide bonds. The van der Waals surface area contributed by atoms with E-state index < -0.39 is 0 Å². The van der Waals surface area contributed by atoms with Gasteiger partial charge in [0.05, 0.1) is 7.11 Å². The first-order valence-corrected chi connectivity index (χ1v) is 6.47. The fourth-order valence-corrected chi connectivity index (χ4v) is 2.41. The fourth-order valence-electron chi connectivity index (χ4n) is 2.41. The van der Waals surface area contributed by atoms with E-state index in [1.54, 1.807) is 0 Å². The number of esters is 1. The topological polar surface area (TPSA) is 29.5 Å². The highest BCUT2D eigenvalue weighted by Gasteiger charge is 2.15. The van der Waals surface area contributed by atoms with Crippen LogP contribution in [0.5, 0.6) is 0 Å². The minimum absolute atomic E-state index is 0.0933. The van der Waals surface area contributed by atoms with E-state index in [0.717, 1.165) is 18.9 Å². The Balaban J connectivity index is 1.97. The molecule has 0 aromatic heterocycles. The molecular weight excluding hydrogens is 202 g/mol. The first kappa shape index (κ1) is 13.5. The van der Waals surface area contributed by atoms with E-state index in [2.05, 4.69) is 16.7 Å². The van der Waals surface area contributed by atoms with Crippen LogP contribution in [0.3, 0.4) is 0 Å². The predicted octanol–water partition coefficient (Wildman–Crippen LogP) is 2.45. The minimum Gasteiger partial charge on any atom is -0.469 e. The van der Waals surface area contributed by atoms with Gasteiger partial charge in [0.2, 0.25) is 0 Å². The van der Waals surface area contributed by atoms with Gasteiger partial charge in [0, 0.05) is 6.42 Å². The molecule has 0 bridgehead atoms. The summed E-state index contributed by atoms with van der Waals surface area (Å²) in [6.07, 6.45) is 8.49. The van der Waals surface area contributed by atoms with Crippen LogP contribution < -0.4 is 0 Å². The SMILES string of the molecule is COC(=O)CCCN(C)CCC1CCCC1. The molecule has 0 aromatic rings. The van der Waals surface area contributed by atoms with Crippen molar-refractivity contribution in [3.8, 4) is 0 Å². The van der Waals surface area contributed by atoms with E-state index in [4.69, 9.17) is 0 Å². The van der Waals surface area contributed by atoms with E-state index in [1.807, 2.05) is 0 Å². The summed E-state index contributed by atoms with van der Waals surface area (Å²) in [5, 5.41) is 0. The van der Waals surface area contributed by atoms with Crippen molar-refractivity contribution in [2.75, 3.05) is 27.2 Å². The van der Waals surface area contributed by atoms with Crippen LogP contribution in [-0.4, -0.2) is 38.1 Å². The number of ether oxygens (including phenoxy) is 1. The smallest absolute Gasteiger partial charge is 0.305 e. The van der Waals surface area contributed by atoms with E-state index in [-0.39, 0.29) is 5.97 Å². The number of hydrogen-bond acceptors (Lipinski definition) is 3. The lowest BCUT2D eigenvalue weighted by Gasteiger charge is -2.18. The highest BCUT2D eigenvalue weighted by molar-refractivity contribution is 5.69. The normalized spacial score (nSPS) is 16.9. The minimum atomic E-state index is -0.0933. The maximum Gasteiger partial charge on any atom is 0.305 e. The predicted molar refractivity (Wildman–Crippen MR) is 65.3 cm³/mol. The lowest BCUT2D eigenvalue weighted by molar-refractivity contribution is -0.140. The molecule has 1 aliphatic carbocycles. The third-order valence-electron chi connectivity index (χ3n) is 3.54. The van der Waals surface area contributed by atoms with Crippen molar-refractivity contribution in [3.63, 3.8) is 0 Å². The van der Waals surface area contributed by atoms with Gasteiger partial charge in [0.25, 0.3) is 0 Å². The molecule has 0 atom stereocenters. The number of nitrogens with zero attached hydrogens (tertiary/aromatic N) is 1. The van der Waals surface area contributed by atoms with Crippen LogP contribution in [0, 0.1) is 5.92 Å². The summed E-state index contributed by atoms with van der Waals surface area (Å²) in [6, 6.07) is 0. The van der Waals surface area contributed by atoms with Crippen molar-refractivity contribution < 1.29 is 9.53 Å². The quantitative estimate of drug-likeness (QED) is 0.626. The Morgan fingerprint density at radius 2 is 2.00 bits per heavy atom. The molecule has 0 unspecified atom stereocenters. The van der Waals surface area contributed by atoms with Gasteiger partial charge in [-0.3, -0.25) is 4.79 Å². The fraction of sp³-hybridized carbons (Fsp3) is 0.923. The van der Waals surface area contributed by atoms with Gasteiger partial charge in [0.15, 0.2) is 0 Å². The molecule has 94 valence electrons. The van der Waals surface area contributed by atoms with Crippen LogP contribution in [0.4, 0.5) is 0 Å². The second kappa shape index (κ2) is 7.66. The number of carbonyl (C=O) groups is 1. The van der Waals surface area contributed by atoms with E-state index in [0.29, 0.717) is 6.42 Å². The number of carbonyl (C=O) groups excluding carboxylic acids is 1. The van der Waals surface area contributed by atoms with Gasteiger partial charge < -0.3 is 9.64 Å². The maximum absolute atomic E-state index is 10.9. The zero-order chi connectivity index (χ0) is 11.8. The van der Waals surface area contributed by atoms with Gasteiger partial charge >= 0.3 is 5.97 Å². The summed E-state index contributed by atoms with van der Waals surface area (Å²) in [4.78, 5) is 13.3. The summed E-state index contributed by atoms with van der Waals surface area (Å²) in [5.74, 6) is 0.868. The molecule has 3 heteroatoms. The summed E-state index contributed by atoms with van der Waals surface area (Å²) in [5.41, 5.74) is 0. The molecule has 16 heavy (non-hydrogen) atoms. The molecule has 1 fully saturated rings. The molecule has 1 aliphatic rings. The first-order chi connectivity index (χ1) is 7.72. The van der Waals surface area contributed by atoms with Crippen LogP contribution in [-0.2, 0) is 9.53 Å². The van der Waals surface area contributed by atoms with E-state index in [1.165, 1.54) is 45.8 Å². The third kappa shape index (κ3) is 5.50. The van der Waals surface area contributed by atoms with Gasteiger partial charge in [-0.1, -0.05) is 25.7 Å². The molecule has 0 heterocycles. The Morgan fingerprint density at radius 1 is 1.31 bits per heavy atom. The third-order valence-corrected chi connectivity index (χ3v) is 3.54. The second-order valence-electron chi connectivity index (χ2n) is 4.92. The zero-order valence-electron chi connectivity index (χ0n) is 10.7. The molecule has 0 aromatic carbocycles. The van der Waals surface area contributed by atoms with Gasteiger partial charge in [-0.15, -0.1) is 0 Å². The lowest BCUT2D eigenvalue weighted by Crippen LogP contribution is -2.23. The van der Waals surface area contributed by atoms with Crippen LogP contribution in [0.2, 0.25) is 0 Å². The molecular formula is C13H25NO2. The van der Waals surface area contributed by atoms with Crippen molar-refractivity contribution in [1.29, 1.82) is 0 Å². The van der Waals surface area contributed by atoms with Gasteiger partial charge in [0.1, 0.15) is 0 Å². The molecule has 0 aliphatic heterocycles. The Labute approximate surface area is 99.1 Å². The molecule has 1 saturated carbocycles. The summed E-state index contributed by atoms with van der Waals surface area (Å²) >= 11 is 0. The van der Waals surface area contributed by atoms with Gasteiger partial charge in [-0.05, 0) is 38.9 Å². The number of hydrogen-bond donors (Lipinski definition) is 0. The largest absolute Gasteiger partial charge is 0.469 e. The van der Waals surface area contributed by atoms with Crippen LogP contribution >= 0.6 is 0 Å². The van der Waals surface area contributed by atoms with E-state index >= 15 is 0 Å². The summed E-state index contributed by atoms with van der Waals surface area (Å²) in [6.45, 7) is 2.17. The summed E-state index contributed by atoms with van der Waals surface area (Å²) < 4.78 is 4.62. The second-order valence-corrected chi connectivity index (χ2v) is 4.92. The number of methoxy groups -OCH3 is 1. The number of rotatable bonds is 7. The van der Waals surface area contributed by atoms with Crippen molar-refractivity contribution >= 4 is 5.97 Å². The van der Waals surface area contributed by atoms with Crippen LogP contribution in [0.1, 0.15) is 44.9 Å². The van der Waals surface area contributed by atoms with Crippen molar-refractivity contribution in [3.05, 3.63) is 0 Å². The maximum atomic E-state index is 10.9. The Kier molecular flexibility index (Phi) is 6.46. The molecule has 0 saturated heterocycles. The first-order valence-electron chi connectivity index (χ1n) is 6.47. The molecule has 0 spiro atoms. The van der Waals surface area contributed by atoms with Crippen molar-refractivity contribution in [1.82, 2.24) is 4.90 Å². The van der Waals surface area contributed by atoms with Crippen molar-refractivity contribution in [2.24, 2.45) is 5.92 Å². The van der Waals surface area contributed by atoms with Gasteiger partial charge in [-0.25, -0.2) is 0 Å². The van der Waals surface area contributed by atoms with Gasteiger partial charge in [-0.2, -0.15) is 0 Å². The average molecular weight is 227 g/mol. The molecule has 0 radical (unpaired) electrons. The Morgan fingerprint density at radius 3 is 2.62 bits per heavy atom. The monoisotopic (exact) mass is 227 g/mol. The Bertz CT molecular complexity index is 200. The molecule has 1 rings (SSSR count). The highest BCUT2D eigenvalue weighted by atomic mass is 16.5. The molecule has 3 nitrogen and oxygen atoms in total. The average Bonchev–Trinajstić information content (AvgIpc) is 2.79. The highest BCUT2D eigenvalue weighted by Crippen LogP contribution is 2.27. The standard InChI is InChI=1S/C13H25NO2/c1-14(10-5-8-13(15)16-2)11-9-12-6-3-4-7-12/h12H,3-11H2,1-2H3. The zero-order valence-corrected chi connectivity index (χ0v) is 10.7. The lowest BCUT2D eigenvalue weighted by atomic mass is 10.0. The van der Waals surface area contributed by atoms with Crippen LogP contribution in [0.15, 0.2) is 0 Å². The van der Waals surface area contributed by atoms with Crippen LogP contribution in [0.25, 0.3) is 0 Å².